The van der Waals surface area contributed by atoms with Crippen molar-refractivity contribution < 1.29 is 0 Å². The first-order valence-electron chi connectivity index (χ1n) is 5.41. The van der Waals surface area contributed by atoms with Crippen LogP contribution in [0.15, 0.2) is 18.3 Å². The van der Waals surface area contributed by atoms with Gasteiger partial charge in [0, 0.05) is 31.4 Å². The van der Waals surface area contributed by atoms with Crippen LogP contribution in [0.5, 0.6) is 0 Å². The van der Waals surface area contributed by atoms with Gasteiger partial charge in [-0.05, 0) is 20.0 Å². The van der Waals surface area contributed by atoms with Crippen molar-refractivity contribution in [1.29, 1.82) is 5.26 Å². The topological polar surface area (TPSA) is 52.0 Å². The monoisotopic (exact) mass is 218 g/mol. The second kappa shape index (κ2) is 6.09. The van der Waals surface area contributed by atoms with E-state index < -0.39 is 0 Å². The van der Waals surface area contributed by atoms with E-state index in [1.165, 1.54) is 0 Å². The Bertz CT molecular complexity index is 370. The molecule has 1 aromatic heterocycles. The van der Waals surface area contributed by atoms with Crippen LogP contribution in [0.1, 0.15) is 24.9 Å². The van der Waals surface area contributed by atoms with Gasteiger partial charge >= 0.3 is 0 Å². The van der Waals surface area contributed by atoms with Gasteiger partial charge in [-0.3, -0.25) is 0 Å². The largest absolute Gasteiger partial charge is 0.358 e. The van der Waals surface area contributed by atoms with Crippen LogP contribution in [0.25, 0.3) is 0 Å². The molecule has 1 heterocycles. The molecule has 0 aliphatic carbocycles. The van der Waals surface area contributed by atoms with Gasteiger partial charge in [-0.1, -0.05) is 6.07 Å². The highest BCUT2D eigenvalue weighted by Crippen LogP contribution is 2.22. The summed E-state index contributed by atoms with van der Waals surface area (Å²) in [5, 5.41) is 11.8. The maximum atomic E-state index is 8.58. The third-order valence-corrected chi connectivity index (χ3v) is 2.64. The van der Waals surface area contributed by atoms with E-state index in [0.717, 1.165) is 11.4 Å². The molecule has 0 fully saturated rings. The average molecular weight is 218 g/mol. The Labute approximate surface area is 96.9 Å². The fourth-order valence-electron chi connectivity index (χ4n) is 1.55. The van der Waals surface area contributed by atoms with Crippen molar-refractivity contribution in [1.82, 2.24) is 10.3 Å². The highest BCUT2D eigenvalue weighted by atomic mass is 15.2. The molecule has 0 spiro atoms. The molecule has 4 heteroatoms. The highest BCUT2D eigenvalue weighted by Gasteiger charge is 2.12. The number of rotatable bonds is 5. The second-order valence-corrected chi connectivity index (χ2v) is 3.76. The van der Waals surface area contributed by atoms with Gasteiger partial charge in [0.05, 0.1) is 12.5 Å². The summed E-state index contributed by atoms with van der Waals surface area (Å²) in [4.78, 5) is 6.40. The molecule has 0 aromatic carbocycles. The van der Waals surface area contributed by atoms with Gasteiger partial charge in [0.1, 0.15) is 5.82 Å². The SMILES string of the molecule is CNC(C)c1cccnc1N(C)CCC#N. The van der Waals surface area contributed by atoms with Gasteiger partial charge in [0.15, 0.2) is 0 Å². The summed E-state index contributed by atoms with van der Waals surface area (Å²) in [7, 11) is 3.89. The summed E-state index contributed by atoms with van der Waals surface area (Å²) in [6.45, 7) is 2.80. The number of hydrogen-bond acceptors (Lipinski definition) is 4. The van der Waals surface area contributed by atoms with E-state index in [-0.39, 0.29) is 6.04 Å². The van der Waals surface area contributed by atoms with Crippen LogP contribution in [-0.4, -0.2) is 25.6 Å². The van der Waals surface area contributed by atoms with Gasteiger partial charge in [-0.2, -0.15) is 5.26 Å². The smallest absolute Gasteiger partial charge is 0.133 e. The van der Waals surface area contributed by atoms with Crippen LogP contribution in [-0.2, 0) is 0 Å². The first kappa shape index (κ1) is 12.5. The molecule has 1 N–H and O–H groups in total. The Hall–Kier alpha value is -1.60. The predicted octanol–water partition coefficient (Wildman–Crippen LogP) is 1.71. The number of nitrogens with zero attached hydrogens (tertiary/aromatic N) is 3. The summed E-state index contributed by atoms with van der Waals surface area (Å²) in [6, 6.07) is 6.40. The van der Waals surface area contributed by atoms with Crippen LogP contribution in [0.3, 0.4) is 0 Å². The molecule has 0 saturated heterocycles. The second-order valence-electron chi connectivity index (χ2n) is 3.76. The zero-order chi connectivity index (χ0) is 12.0. The molecule has 0 saturated carbocycles. The van der Waals surface area contributed by atoms with Gasteiger partial charge in [0.2, 0.25) is 0 Å². The molecule has 1 unspecified atom stereocenters. The normalized spacial score (nSPS) is 11.9. The standard InChI is InChI=1S/C12H18N4/c1-10(14-2)11-6-4-8-15-12(11)16(3)9-5-7-13/h4,6,8,10,14H,5,9H2,1-3H3. The number of anilines is 1. The molecular formula is C12H18N4. The molecule has 1 aromatic rings. The minimum Gasteiger partial charge on any atom is -0.358 e. The van der Waals surface area contributed by atoms with E-state index >= 15 is 0 Å². The van der Waals surface area contributed by atoms with E-state index in [0.29, 0.717) is 13.0 Å². The zero-order valence-electron chi connectivity index (χ0n) is 10.1. The molecule has 16 heavy (non-hydrogen) atoms. The molecule has 4 nitrogen and oxygen atoms in total. The number of aromatic nitrogens is 1. The van der Waals surface area contributed by atoms with E-state index in [1.54, 1.807) is 6.20 Å². The van der Waals surface area contributed by atoms with Crippen molar-refractivity contribution in [2.24, 2.45) is 0 Å². The molecule has 86 valence electrons. The van der Waals surface area contributed by atoms with Gasteiger partial charge in [0.25, 0.3) is 0 Å². The van der Waals surface area contributed by atoms with E-state index in [1.807, 2.05) is 25.1 Å². The van der Waals surface area contributed by atoms with E-state index in [9.17, 15) is 0 Å². The summed E-state index contributed by atoms with van der Waals surface area (Å²) in [6.07, 6.45) is 2.30. The lowest BCUT2D eigenvalue weighted by atomic mass is 10.1. The van der Waals surface area contributed by atoms with Crippen LogP contribution in [0, 0.1) is 11.3 Å². The molecule has 1 rings (SSSR count). The zero-order valence-corrected chi connectivity index (χ0v) is 10.1. The summed E-state index contributed by atoms with van der Waals surface area (Å²) in [5.74, 6) is 0.944. The average Bonchev–Trinajstić information content (AvgIpc) is 2.35. The molecular weight excluding hydrogens is 200 g/mol. The fraction of sp³-hybridized carbons (Fsp3) is 0.500. The number of pyridine rings is 1. The van der Waals surface area contributed by atoms with Crippen LogP contribution in [0.4, 0.5) is 5.82 Å². The minimum atomic E-state index is 0.258. The lowest BCUT2D eigenvalue weighted by Gasteiger charge is -2.22. The third-order valence-electron chi connectivity index (χ3n) is 2.64. The van der Waals surface area contributed by atoms with Crippen molar-refractivity contribution in [3.8, 4) is 6.07 Å². The molecule has 0 bridgehead atoms. The summed E-state index contributed by atoms with van der Waals surface area (Å²) >= 11 is 0. The lowest BCUT2D eigenvalue weighted by molar-refractivity contribution is 0.646. The van der Waals surface area contributed by atoms with Crippen LogP contribution >= 0.6 is 0 Å². The lowest BCUT2D eigenvalue weighted by Crippen LogP contribution is -2.23. The predicted molar refractivity (Wildman–Crippen MR) is 65.2 cm³/mol. The molecule has 0 radical (unpaired) electrons. The van der Waals surface area contributed by atoms with Crippen molar-refractivity contribution >= 4 is 5.82 Å². The van der Waals surface area contributed by atoms with Crippen LogP contribution in [0.2, 0.25) is 0 Å². The Morgan fingerprint density at radius 3 is 3.00 bits per heavy atom. The maximum Gasteiger partial charge on any atom is 0.133 e. The van der Waals surface area contributed by atoms with Gasteiger partial charge in [-0.25, -0.2) is 4.98 Å². The van der Waals surface area contributed by atoms with Gasteiger partial charge < -0.3 is 10.2 Å². The Kier molecular flexibility index (Phi) is 4.74. The first-order chi connectivity index (χ1) is 7.70. The van der Waals surface area contributed by atoms with Gasteiger partial charge in [-0.15, -0.1) is 0 Å². The maximum absolute atomic E-state index is 8.58. The van der Waals surface area contributed by atoms with E-state index in [2.05, 4.69) is 29.4 Å². The summed E-state index contributed by atoms with van der Waals surface area (Å²) < 4.78 is 0. The molecule has 0 amide bonds. The molecule has 1 atom stereocenters. The number of hydrogen-bond donors (Lipinski definition) is 1. The third kappa shape index (κ3) is 2.94. The molecule has 0 aliphatic rings. The minimum absolute atomic E-state index is 0.258. The van der Waals surface area contributed by atoms with Crippen molar-refractivity contribution in [2.75, 3.05) is 25.5 Å². The number of nitrogens with one attached hydrogen (secondary N) is 1. The Morgan fingerprint density at radius 1 is 1.62 bits per heavy atom. The summed E-state index contributed by atoms with van der Waals surface area (Å²) in [5.41, 5.74) is 1.16. The Morgan fingerprint density at radius 2 is 2.38 bits per heavy atom. The van der Waals surface area contributed by atoms with E-state index in [4.69, 9.17) is 5.26 Å². The number of nitriles is 1. The quantitative estimate of drug-likeness (QED) is 0.817. The molecule has 0 aliphatic heterocycles. The first-order valence-corrected chi connectivity index (χ1v) is 5.41. The van der Waals surface area contributed by atoms with Crippen molar-refractivity contribution in [2.45, 2.75) is 19.4 Å². The Balaban J connectivity index is 2.90. The van der Waals surface area contributed by atoms with Crippen molar-refractivity contribution in [3.63, 3.8) is 0 Å². The highest BCUT2D eigenvalue weighted by molar-refractivity contribution is 5.47. The fourth-order valence-corrected chi connectivity index (χ4v) is 1.55. The van der Waals surface area contributed by atoms with Crippen molar-refractivity contribution in [3.05, 3.63) is 23.9 Å². The van der Waals surface area contributed by atoms with Crippen LogP contribution < -0.4 is 10.2 Å².